The molecule has 0 amide bonds. The lowest BCUT2D eigenvalue weighted by Gasteiger charge is -2.24. The van der Waals surface area contributed by atoms with Gasteiger partial charge in [0.15, 0.2) is 0 Å². The zero-order valence-corrected chi connectivity index (χ0v) is 12.6. The molecule has 1 heterocycles. The molecule has 108 valence electrons. The highest BCUT2D eigenvalue weighted by Gasteiger charge is 2.28. The molecule has 1 atom stereocenters. The highest BCUT2D eigenvalue weighted by Crippen LogP contribution is 2.27. The molecule has 19 heavy (non-hydrogen) atoms. The van der Waals surface area contributed by atoms with Crippen LogP contribution in [0, 0.1) is 5.92 Å². The van der Waals surface area contributed by atoms with Crippen LogP contribution >= 0.6 is 0 Å². The van der Waals surface area contributed by atoms with E-state index in [0.717, 1.165) is 30.8 Å². The van der Waals surface area contributed by atoms with Gasteiger partial charge in [0.2, 0.25) is 0 Å². The van der Waals surface area contributed by atoms with Crippen LogP contribution in [0.25, 0.3) is 0 Å². The van der Waals surface area contributed by atoms with Crippen molar-refractivity contribution in [1.29, 1.82) is 0 Å². The third-order valence-corrected chi connectivity index (χ3v) is 3.88. The smallest absolute Gasteiger partial charge is 0.120 e. The van der Waals surface area contributed by atoms with Gasteiger partial charge in [-0.3, -0.25) is 4.90 Å². The summed E-state index contributed by atoms with van der Waals surface area (Å²) in [4.78, 5) is 2.65. The molecular weight excluding hydrogens is 236 g/mol. The molecule has 1 aromatic rings. The van der Waals surface area contributed by atoms with Crippen LogP contribution in [0.2, 0.25) is 0 Å². The van der Waals surface area contributed by atoms with E-state index in [1.807, 2.05) is 12.1 Å². The zero-order valence-electron chi connectivity index (χ0n) is 12.6. The van der Waals surface area contributed by atoms with Crippen LogP contribution in [0.4, 0.5) is 0 Å². The SMILES string of the molecule is CC(C)CCN(CCNC(C)c1ccco1)C1CC1. The highest BCUT2D eigenvalue weighted by atomic mass is 16.3. The van der Waals surface area contributed by atoms with Gasteiger partial charge in [-0.05, 0) is 50.8 Å². The van der Waals surface area contributed by atoms with Gasteiger partial charge < -0.3 is 9.73 Å². The molecule has 0 spiro atoms. The molecule has 0 bridgehead atoms. The van der Waals surface area contributed by atoms with Gasteiger partial charge in [0.05, 0.1) is 12.3 Å². The van der Waals surface area contributed by atoms with Crippen molar-refractivity contribution in [2.45, 2.75) is 52.1 Å². The van der Waals surface area contributed by atoms with E-state index < -0.39 is 0 Å². The Morgan fingerprint density at radius 2 is 2.11 bits per heavy atom. The minimum Gasteiger partial charge on any atom is -0.468 e. The summed E-state index contributed by atoms with van der Waals surface area (Å²) in [6.45, 7) is 10.2. The zero-order chi connectivity index (χ0) is 13.7. The quantitative estimate of drug-likeness (QED) is 0.740. The normalized spacial score (nSPS) is 17.3. The number of nitrogens with one attached hydrogen (secondary N) is 1. The van der Waals surface area contributed by atoms with Crippen LogP contribution in [-0.2, 0) is 0 Å². The van der Waals surface area contributed by atoms with Gasteiger partial charge in [0, 0.05) is 19.1 Å². The van der Waals surface area contributed by atoms with E-state index in [1.165, 1.54) is 25.8 Å². The summed E-state index contributed by atoms with van der Waals surface area (Å²) in [5.41, 5.74) is 0. The average Bonchev–Trinajstić information content (AvgIpc) is 3.06. The summed E-state index contributed by atoms with van der Waals surface area (Å²) < 4.78 is 5.42. The van der Waals surface area contributed by atoms with Crippen LogP contribution in [0.15, 0.2) is 22.8 Å². The predicted molar refractivity (Wildman–Crippen MR) is 79.2 cm³/mol. The van der Waals surface area contributed by atoms with Gasteiger partial charge in [-0.25, -0.2) is 0 Å². The minimum atomic E-state index is 0.307. The minimum absolute atomic E-state index is 0.307. The van der Waals surface area contributed by atoms with Crippen molar-refractivity contribution in [2.24, 2.45) is 5.92 Å². The molecule has 1 aliphatic carbocycles. The Balaban J connectivity index is 1.67. The fourth-order valence-corrected chi connectivity index (χ4v) is 2.40. The summed E-state index contributed by atoms with van der Waals surface area (Å²) >= 11 is 0. The van der Waals surface area contributed by atoms with Gasteiger partial charge in [-0.1, -0.05) is 13.8 Å². The fraction of sp³-hybridized carbons (Fsp3) is 0.750. The summed E-state index contributed by atoms with van der Waals surface area (Å²) in [6.07, 6.45) is 5.84. The Morgan fingerprint density at radius 3 is 2.68 bits per heavy atom. The molecule has 2 rings (SSSR count). The van der Waals surface area contributed by atoms with Gasteiger partial charge in [0.1, 0.15) is 5.76 Å². The van der Waals surface area contributed by atoms with E-state index >= 15 is 0 Å². The molecule has 1 unspecified atom stereocenters. The summed E-state index contributed by atoms with van der Waals surface area (Å²) in [6, 6.07) is 5.16. The van der Waals surface area contributed by atoms with Crippen molar-refractivity contribution < 1.29 is 4.42 Å². The van der Waals surface area contributed by atoms with Crippen LogP contribution in [0.5, 0.6) is 0 Å². The Labute approximate surface area is 117 Å². The van der Waals surface area contributed by atoms with Gasteiger partial charge >= 0.3 is 0 Å². The standard InChI is InChI=1S/C16H28N2O/c1-13(2)8-10-18(15-6-7-15)11-9-17-14(3)16-5-4-12-19-16/h4-5,12-15,17H,6-11H2,1-3H3. The van der Waals surface area contributed by atoms with E-state index in [1.54, 1.807) is 6.26 Å². The predicted octanol–water partition coefficient (Wildman–Crippen LogP) is 3.44. The largest absolute Gasteiger partial charge is 0.468 e. The van der Waals surface area contributed by atoms with E-state index in [-0.39, 0.29) is 0 Å². The van der Waals surface area contributed by atoms with Crippen LogP contribution in [0.3, 0.4) is 0 Å². The maximum absolute atomic E-state index is 5.42. The van der Waals surface area contributed by atoms with Crippen LogP contribution in [-0.4, -0.2) is 30.6 Å². The number of hydrogen-bond donors (Lipinski definition) is 1. The Morgan fingerprint density at radius 1 is 1.32 bits per heavy atom. The molecular formula is C16H28N2O. The summed E-state index contributed by atoms with van der Waals surface area (Å²) in [5.74, 6) is 1.83. The topological polar surface area (TPSA) is 28.4 Å². The van der Waals surface area contributed by atoms with E-state index in [9.17, 15) is 0 Å². The lowest BCUT2D eigenvalue weighted by Crippen LogP contribution is -2.35. The second-order valence-corrected chi connectivity index (χ2v) is 6.14. The molecule has 1 fully saturated rings. The first-order valence-electron chi connectivity index (χ1n) is 7.67. The first-order valence-corrected chi connectivity index (χ1v) is 7.67. The lowest BCUT2D eigenvalue weighted by molar-refractivity contribution is 0.243. The summed E-state index contributed by atoms with van der Waals surface area (Å²) in [5, 5.41) is 3.55. The third kappa shape index (κ3) is 5.00. The summed E-state index contributed by atoms with van der Waals surface area (Å²) in [7, 11) is 0. The van der Waals surface area contributed by atoms with Crippen molar-refractivity contribution in [3.8, 4) is 0 Å². The monoisotopic (exact) mass is 264 g/mol. The number of furan rings is 1. The second kappa shape index (κ2) is 7.11. The maximum atomic E-state index is 5.42. The number of rotatable bonds is 9. The van der Waals surface area contributed by atoms with Gasteiger partial charge in [-0.2, -0.15) is 0 Å². The number of hydrogen-bond acceptors (Lipinski definition) is 3. The van der Waals surface area contributed by atoms with Crippen molar-refractivity contribution in [3.63, 3.8) is 0 Å². The van der Waals surface area contributed by atoms with Crippen molar-refractivity contribution >= 4 is 0 Å². The van der Waals surface area contributed by atoms with Crippen molar-refractivity contribution in [3.05, 3.63) is 24.2 Å². The van der Waals surface area contributed by atoms with E-state index in [4.69, 9.17) is 4.42 Å². The number of nitrogens with zero attached hydrogens (tertiary/aromatic N) is 1. The molecule has 0 aromatic carbocycles. The van der Waals surface area contributed by atoms with Gasteiger partial charge in [-0.15, -0.1) is 0 Å². The molecule has 0 radical (unpaired) electrons. The van der Waals surface area contributed by atoms with Crippen molar-refractivity contribution in [2.75, 3.05) is 19.6 Å². The van der Waals surface area contributed by atoms with Gasteiger partial charge in [0.25, 0.3) is 0 Å². The highest BCUT2D eigenvalue weighted by molar-refractivity contribution is 5.02. The maximum Gasteiger partial charge on any atom is 0.120 e. The van der Waals surface area contributed by atoms with Crippen LogP contribution in [0.1, 0.15) is 51.8 Å². The van der Waals surface area contributed by atoms with E-state index in [2.05, 4.69) is 31.0 Å². The van der Waals surface area contributed by atoms with E-state index in [0.29, 0.717) is 6.04 Å². The molecule has 1 N–H and O–H groups in total. The Bertz CT molecular complexity index is 344. The Kier molecular flexibility index (Phi) is 5.46. The fourth-order valence-electron chi connectivity index (χ4n) is 2.40. The lowest BCUT2D eigenvalue weighted by atomic mass is 10.1. The second-order valence-electron chi connectivity index (χ2n) is 6.14. The Hall–Kier alpha value is -0.800. The molecule has 1 saturated carbocycles. The molecule has 0 saturated heterocycles. The first kappa shape index (κ1) is 14.6. The first-order chi connectivity index (χ1) is 9.16. The molecule has 0 aliphatic heterocycles. The van der Waals surface area contributed by atoms with Crippen molar-refractivity contribution in [1.82, 2.24) is 10.2 Å². The third-order valence-electron chi connectivity index (χ3n) is 3.88. The molecule has 1 aromatic heterocycles. The molecule has 3 nitrogen and oxygen atoms in total. The molecule has 3 heteroatoms. The molecule has 1 aliphatic rings. The average molecular weight is 264 g/mol. The van der Waals surface area contributed by atoms with Crippen LogP contribution < -0.4 is 5.32 Å².